The number of benzene rings is 1. The fourth-order valence-electron chi connectivity index (χ4n) is 4.40. The number of pyridine rings is 1. The molecule has 0 unspecified atom stereocenters. The van der Waals surface area contributed by atoms with E-state index >= 15 is 0 Å². The molecule has 0 amide bonds. The molecule has 1 aliphatic rings. The highest BCUT2D eigenvalue weighted by Crippen LogP contribution is 2.26. The molecule has 4 aromatic rings. The Hall–Kier alpha value is -5.47. The van der Waals surface area contributed by atoms with Crippen LogP contribution in [-0.4, -0.2) is 102 Å². The van der Waals surface area contributed by atoms with Crippen LogP contribution in [0.1, 0.15) is 16.7 Å². The lowest BCUT2D eigenvalue weighted by Gasteiger charge is -2.35. The standard InChI is InChI=1S/C24H26N6.3C2HF3O2/c1-18-13-19(2)15-20(14-18)17-28-9-11-29(12-10-28)23-24-27-16-22(30(24)8-7-26-23)21-3-5-25-6-4-21;3*3-2(4,5)1(6)7/h3-8,13-16H,9-12,17H2,1-2H3;3*(H,6,7). The molecule has 0 spiro atoms. The van der Waals surface area contributed by atoms with Gasteiger partial charge in [0.1, 0.15) is 0 Å². The van der Waals surface area contributed by atoms with Crippen molar-refractivity contribution in [2.75, 3.05) is 31.1 Å². The highest BCUT2D eigenvalue weighted by atomic mass is 19.4. The van der Waals surface area contributed by atoms with Gasteiger partial charge in [0.25, 0.3) is 0 Å². The summed E-state index contributed by atoms with van der Waals surface area (Å²) in [5.74, 6) is -7.31. The summed E-state index contributed by atoms with van der Waals surface area (Å²) in [5.41, 5.74) is 7.15. The lowest BCUT2D eigenvalue weighted by molar-refractivity contribution is -0.193. The Bertz CT molecular complexity index is 1700. The molecular formula is C30H29F9N6O6. The number of piperazine rings is 1. The minimum absolute atomic E-state index is 0.909. The molecule has 0 atom stereocenters. The Balaban J connectivity index is 0.000000352. The lowest BCUT2D eigenvalue weighted by Crippen LogP contribution is -2.46. The number of hydrogen-bond donors (Lipinski definition) is 3. The molecule has 0 bridgehead atoms. The molecule has 0 aliphatic carbocycles. The van der Waals surface area contributed by atoms with Gasteiger partial charge in [-0.2, -0.15) is 39.5 Å². The molecule has 0 saturated carbocycles. The second-order valence-electron chi connectivity index (χ2n) is 10.5. The molecule has 0 radical (unpaired) electrons. The largest absolute Gasteiger partial charge is 0.490 e. The van der Waals surface area contributed by atoms with Gasteiger partial charge >= 0.3 is 36.4 Å². The summed E-state index contributed by atoms with van der Waals surface area (Å²) in [4.78, 5) is 45.1. The number of carboxylic acid groups (broad SMARTS) is 3. The monoisotopic (exact) mass is 740 g/mol. The zero-order valence-electron chi connectivity index (χ0n) is 26.5. The quantitative estimate of drug-likeness (QED) is 0.223. The Morgan fingerprint density at radius 3 is 1.59 bits per heavy atom. The van der Waals surface area contributed by atoms with Gasteiger partial charge in [-0.1, -0.05) is 29.3 Å². The molecule has 12 nitrogen and oxygen atoms in total. The van der Waals surface area contributed by atoms with Gasteiger partial charge < -0.3 is 20.2 Å². The average Bonchev–Trinajstić information content (AvgIpc) is 3.46. The number of alkyl halides is 9. The Morgan fingerprint density at radius 2 is 1.16 bits per heavy atom. The maximum Gasteiger partial charge on any atom is 0.490 e. The highest BCUT2D eigenvalue weighted by Gasteiger charge is 2.39. The van der Waals surface area contributed by atoms with Crippen LogP contribution in [0.5, 0.6) is 0 Å². The first-order chi connectivity index (χ1) is 23.5. The summed E-state index contributed by atoms with van der Waals surface area (Å²) in [6, 6.07) is 10.9. The molecule has 5 rings (SSSR count). The lowest BCUT2D eigenvalue weighted by atomic mass is 10.1. The minimum atomic E-state index is -5.08. The van der Waals surface area contributed by atoms with E-state index in [1.54, 1.807) is 0 Å². The van der Waals surface area contributed by atoms with Crippen molar-refractivity contribution in [3.63, 3.8) is 0 Å². The van der Waals surface area contributed by atoms with Crippen molar-refractivity contribution < 1.29 is 69.2 Å². The van der Waals surface area contributed by atoms with Crippen molar-refractivity contribution in [1.82, 2.24) is 24.3 Å². The van der Waals surface area contributed by atoms with Crippen molar-refractivity contribution in [1.29, 1.82) is 0 Å². The number of anilines is 1. The molecule has 3 aromatic heterocycles. The van der Waals surface area contributed by atoms with E-state index in [-0.39, 0.29) is 0 Å². The van der Waals surface area contributed by atoms with Crippen LogP contribution >= 0.6 is 0 Å². The number of aromatic nitrogens is 4. The third kappa shape index (κ3) is 13.4. The van der Waals surface area contributed by atoms with Crippen LogP contribution in [0.3, 0.4) is 0 Å². The molecule has 1 saturated heterocycles. The van der Waals surface area contributed by atoms with Crippen LogP contribution in [0.2, 0.25) is 0 Å². The second kappa shape index (κ2) is 17.5. The Morgan fingerprint density at radius 1 is 0.706 bits per heavy atom. The van der Waals surface area contributed by atoms with Gasteiger partial charge in [0.15, 0.2) is 11.5 Å². The van der Waals surface area contributed by atoms with E-state index in [9.17, 15) is 39.5 Å². The molecule has 4 heterocycles. The zero-order chi connectivity index (χ0) is 38.7. The summed E-state index contributed by atoms with van der Waals surface area (Å²) in [6.07, 6.45) is -5.85. The van der Waals surface area contributed by atoms with Crippen molar-refractivity contribution in [2.24, 2.45) is 0 Å². The van der Waals surface area contributed by atoms with E-state index in [1.807, 2.05) is 43.1 Å². The first-order valence-corrected chi connectivity index (χ1v) is 14.2. The fraction of sp³-hybridized carbons (Fsp3) is 0.333. The smallest absolute Gasteiger partial charge is 0.475 e. The van der Waals surface area contributed by atoms with E-state index in [2.05, 4.69) is 56.2 Å². The van der Waals surface area contributed by atoms with E-state index in [4.69, 9.17) is 34.7 Å². The summed E-state index contributed by atoms with van der Waals surface area (Å²) in [7, 11) is 0. The third-order valence-electron chi connectivity index (χ3n) is 6.47. The molecule has 1 aliphatic heterocycles. The molecule has 1 aromatic carbocycles. The molecule has 3 N–H and O–H groups in total. The van der Waals surface area contributed by atoms with Crippen molar-refractivity contribution in [3.8, 4) is 11.3 Å². The van der Waals surface area contributed by atoms with Gasteiger partial charge in [-0.3, -0.25) is 14.3 Å². The summed E-state index contributed by atoms with van der Waals surface area (Å²) in [6.45, 7) is 9.30. The number of nitrogens with zero attached hydrogens (tertiary/aromatic N) is 6. The highest BCUT2D eigenvalue weighted by molar-refractivity contribution is 5.74. The number of carboxylic acids is 3. The summed E-state index contributed by atoms with van der Waals surface area (Å²) in [5, 5.41) is 21.4. The first-order valence-electron chi connectivity index (χ1n) is 14.2. The number of imidazole rings is 1. The summed E-state index contributed by atoms with van der Waals surface area (Å²) < 4.78 is 97.3. The van der Waals surface area contributed by atoms with Crippen molar-refractivity contribution in [3.05, 3.63) is 78.0 Å². The van der Waals surface area contributed by atoms with Crippen molar-refractivity contribution >= 4 is 29.4 Å². The normalized spacial score (nSPS) is 13.5. The Kier molecular flexibility index (Phi) is 14.3. The number of hydrogen-bond acceptors (Lipinski definition) is 8. The van der Waals surface area contributed by atoms with Crippen LogP contribution < -0.4 is 4.90 Å². The van der Waals surface area contributed by atoms with E-state index in [0.717, 1.165) is 55.4 Å². The topological polar surface area (TPSA) is 161 Å². The Labute approximate surface area is 282 Å². The van der Waals surface area contributed by atoms with Gasteiger partial charge in [-0.25, -0.2) is 24.4 Å². The molecule has 21 heteroatoms. The van der Waals surface area contributed by atoms with E-state index in [1.165, 1.54) is 16.7 Å². The van der Waals surface area contributed by atoms with Crippen LogP contribution in [0, 0.1) is 13.8 Å². The number of fused-ring (bicyclic) bond motifs is 1. The number of halogens is 9. The van der Waals surface area contributed by atoms with Gasteiger partial charge in [-0.05, 0) is 31.5 Å². The third-order valence-corrected chi connectivity index (χ3v) is 6.47. The molecule has 278 valence electrons. The number of rotatable bonds is 4. The SMILES string of the molecule is Cc1cc(C)cc(CN2CCN(c3nccn4c(-c5ccncc5)cnc34)CC2)c1.O=C(O)C(F)(F)F.O=C(O)C(F)(F)F.O=C(O)C(F)(F)F. The number of carbonyl (C=O) groups is 3. The van der Waals surface area contributed by atoms with Crippen LogP contribution in [0.15, 0.2) is 61.3 Å². The molecule has 1 fully saturated rings. The van der Waals surface area contributed by atoms with Crippen LogP contribution in [0.25, 0.3) is 16.9 Å². The predicted octanol–water partition coefficient (Wildman–Crippen LogP) is 5.63. The van der Waals surface area contributed by atoms with Gasteiger partial charge in [-0.15, -0.1) is 0 Å². The van der Waals surface area contributed by atoms with Crippen LogP contribution in [-0.2, 0) is 20.9 Å². The van der Waals surface area contributed by atoms with Crippen LogP contribution in [0.4, 0.5) is 45.3 Å². The fourth-order valence-corrected chi connectivity index (χ4v) is 4.40. The molecule has 51 heavy (non-hydrogen) atoms. The number of aliphatic carboxylic acids is 3. The van der Waals surface area contributed by atoms with E-state index in [0.29, 0.717) is 0 Å². The predicted molar refractivity (Wildman–Crippen MR) is 161 cm³/mol. The van der Waals surface area contributed by atoms with Crippen molar-refractivity contribution in [2.45, 2.75) is 38.9 Å². The van der Waals surface area contributed by atoms with Gasteiger partial charge in [0.05, 0.1) is 11.9 Å². The maximum absolute atomic E-state index is 10.6. The van der Waals surface area contributed by atoms with E-state index < -0.39 is 36.4 Å². The van der Waals surface area contributed by atoms with Gasteiger partial charge in [0, 0.05) is 63.1 Å². The minimum Gasteiger partial charge on any atom is -0.475 e. The first kappa shape index (κ1) is 41.7. The average molecular weight is 741 g/mol. The number of aryl methyl sites for hydroxylation is 2. The maximum atomic E-state index is 10.6. The van der Waals surface area contributed by atoms with Gasteiger partial charge in [0.2, 0.25) is 0 Å². The zero-order valence-corrected chi connectivity index (χ0v) is 26.5. The summed E-state index contributed by atoms with van der Waals surface area (Å²) >= 11 is 0. The molecular weight excluding hydrogens is 711 g/mol. The second-order valence-corrected chi connectivity index (χ2v) is 10.5.